The first-order valence-electron chi connectivity index (χ1n) is 9.88. The lowest BCUT2D eigenvalue weighted by atomic mass is 10.1. The Kier molecular flexibility index (Phi) is 6.50. The van der Waals surface area contributed by atoms with Gasteiger partial charge in [-0.25, -0.2) is 0 Å². The lowest BCUT2D eigenvalue weighted by molar-refractivity contribution is -0.136. The van der Waals surface area contributed by atoms with Gasteiger partial charge >= 0.3 is 0 Å². The van der Waals surface area contributed by atoms with Crippen LogP contribution < -0.4 is 5.32 Å². The summed E-state index contributed by atoms with van der Waals surface area (Å²) in [6.45, 7) is 7.22. The highest BCUT2D eigenvalue weighted by Crippen LogP contribution is 2.29. The first-order chi connectivity index (χ1) is 13.2. The monoisotopic (exact) mass is 371 g/mol. The van der Waals surface area contributed by atoms with E-state index in [-0.39, 0.29) is 5.91 Å². The Morgan fingerprint density at radius 2 is 2.11 bits per heavy atom. The summed E-state index contributed by atoms with van der Waals surface area (Å²) in [4.78, 5) is 27.6. The minimum atomic E-state index is -0.437. The summed E-state index contributed by atoms with van der Waals surface area (Å²) in [5.41, 5.74) is 2.14. The predicted molar refractivity (Wildman–Crippen MR) is 105 cm³/mol. The molecule has 2 heterocycles. The Balaban J connectivity index is 1.81. The number of unbranched alkanes of at least 4 members (excludes halogenated alkanes) is 1. The number of carbonyl (C=O) groups is 2. The van der Waals surface area contributed by atoms with Crippen molar-refractivity contribution in [2.75, 3.05) is 26.2 Å². The summed E-state index contributed by atoms with van der Waals surface area (Å²) in [6, 6.07) is 7.70. The summed E-state index contributed by atoms with van der Waals surface area (Å²) in [7, 11) is 0. The Labute approximate surface area is 160 Å². The number of likely N-dealkylation sites (N-methyl/N-ethyl adjacent to an activating group) is 1. The van der Waals surface area contributed by atoms with Crippen LogP contribution in [0.25, 0.3) is 11.0 Å². The third-order valence-corrected chi connectivity index (χ3v) is 5.22. The quantitative estimate of drug-likeness (QED) is 0.724. The lowest BCUT2D eigenvalue weighted by Gasteiger charge is -2.38. The second-order valence-electron chi connectivity index (χ2n) is 7.09. The van der Waals surface area contributed by atoms with Gasteiger partial charge in [0.15, 0.2) is 0 Å². The number of aryl methyl sites for hydroxylation is 1. The van der Waals surface area contributed by atoms with E-state index >= 15 is 0 Å². The van der Waals surface area contributed by atoms with Crippen LogP contribution in [0, 0.1) is 0 Å². The molecule has 0 saturated carbocycles. The predicted octanol–water partition coefficient (Wildman–Crippen LogP) is 2.55. The number of carbonyl (C=O) groups excluding carboxylic acids is 2. The van der Waals surface area contributed by atoms with Crippen molar-refractivity contribution in [3.63, 3.8) is 0 Å². The maximum atomic E-state index is 12.4. The fourth-order valence-corrected chi connectivity index (χ4v) is 3.73. The van der Waals surface area contributed by atoms with E-state index in [1.807, 2.05) is 25.1 Å². The molecule has 1 aromatic heterocycles. The Bertz CT molecular complexity index is 786. The molecule has 6 heteroatoms. The molecule has 146 valence electrons. The van der Waals surface area contributed by atoms with Gasteiger partial charge in [0, 0.05) is 50.1 Å². The average Bonchev–Trinajstić information content (AvgIpc) is 3.04. The number of nitrogens with one attached hydrogen (secondary N) is 1. The fraction of sp³-hybridized carbons (Fsp3) is 0.524. The van der Waals surface area contributed by atoms with E-state index in [4.69, 9.17) is 4.42 Å². The highest BCUT2D eigenvalue weighted by atomic mass is 16.3. The maximum Gasteiger partial charge on any atom is 0.244 e. The molecule has 2 amide bonds. The SMILES string of the molecule is CCCCc1oc2ccccc2c1CN1CCN(C=O)C(C(=O)NCC)C1. The third-order valence-electron chi connectivity index (χ3n) is 5.22. The number of para-hydroxylation sites is 1. The molecular formula is C21H29N3O3. The second-order valence-corrected chi connectivity index (χ2v) is 7.09. The maximum absolute atomic E-state index is 12.4. The summed E-state index contributed by atoms with van der Waals surface area (Å²) < 4.78 is 6.13. The van der Waals surface area contributed by atoms with E-state index in [0.29, 0.717) is 19.6 Å². The molecule has 0 aliphatic carbocycles. The molecule has 1 N–H and O–H groups in total. The van der Waals surface area contributed by atoms with E-state index in [0.717, 1.165) is 55.5 Å². The number of fused-ring (bicyclic) bond motifs is 1. The largest absolute Gasteiger partial charge is 0.461 e. The van der Waals surface area contributed by atoms with Crippen molar-refractivity contribution in [2.45, 2.75) is 45.7 Å². The first kappa shape index (κ1) is 19.4. The minimum absolute atomic E-state index is 0.0856. The zero-order valence-electron chi connectivity index (χ0n) is 16.2. The van der Waals surface area contributed by atoms with Crippen molar-refractivity contribution >= 4 is 23.3 Å². The van der Waals surface area contributed by atoms with Crippen LogP contribution in [-0.2, 0) is 22.6 Å². The van der Waals surface area contributed by atoms with Crippen LogP contribution in [0.3, 0.4) is 0 Å². The van der Waals surface area contributed by atoms with Gasteiger partial charge in [-0.2, -0.15) is 0 Å². The molecule has 1 aromatic carbocycles. The normalized spacial score (nSPS) is 18.0. The average molecular weight is 371 g/mol. The van der Waals surface area contributed by atoms with Gasteiger partial charge in [-0.3, -0.25) is 14.5 Å². The highest BCUT2D eigenvalue weighted by molar-refractivity contribution is 5.84. The molecule has 27 heavy (non-hydrogen) atoms. The molecular weight excluding hydrogens is 342 g/mol. The topological polar surface area (TPSA) is 65.8 Å². The molecule has 1 aliphatic heterocycles. The number of piperazine rings is 1. The molecule has 0 radical (unpaired) electrons. The molecule has 2 aromatic rings. The van der Waals surface area contributed by atoms with Gasteiger partial charge in [0.2, 0.25) is 12.3 Å². The van der Waals surface area contributed by atoms with Gasteiger partial charge < -0.3 is 14.6 Å². The van der Waals surface area contributed by atoms with Gasteiger partial charge in [-0.1, -0.05) is 31.5 Å². The van der Waals surface area contributed by atoms with E-state index in [1.165, 1.54) is 5.56 Å². The summed E-state index contributed by atoms with van der Waals surface area (Å²) in [5, 5.41) is 3.99. The first-order valence-corrected chi connectivity index (χ1v) is 9.88. The van der Waals surface area contributed by atoms with Crippen LogP contribution in [0.15, 0.2) is 28.7 Å². The number of nitrogens with zero attached hydrogens (tertiary/aromatic N) is 2. The van der Waals surface area contributed by atoms with Crippen molar-refractivity contribution in [1.82, 2.24) is 15.1 Å². The van der Waals surface area contributed by atoms with E-state index in [1.54, 1.807) is 4.90 Å². The fourth-order valence-electron chi connectivity index (χ4n) is 3.73. The molecule has 1 aliphatic rings. The minimum Gasteiger partial charge on any atom is -0.461 e. The third kappa shape index (κ3) is 4.33. The highest BCUT2D eigenvalue weighted by Gasteiger charge is 2.32. The van der Waals surface area contributed by atoms with Crippen LogP contribution in [0.4, 0.5) is 0 Å². The smallest absolute Gasteiger partial charge is 0.244 e. The zero-order chi connectivity index (χ0) is 19.2. The molecule has 1 unspecified atom stereocenters. The number of hydrogen-bond donors (Lipinski definition) is 1. The van der Waals surface area contributed by atoms with Gasteiger partial charge in [-0.15, -0.1) is 0 Å². The van der Waals surface area contributed by atoms with Crippen LogP contribution >= 0.6 is 0 Å². The van der Waals surface area contributed by atoms with Crippen molar-refractivity contribution in [3.8, 4) is 0 Å². The van der Waals surface area contributed by atoms with Crippen LogP contribution in [0.5, 0.6) is 0 Å². The number of benzene rings is 1. The number of rotatable bonds is 8. The summed E-state index contributed by atoms with van der Waals surface area (Å²) in [6.07, 6.45) is 3.92. The van der Waals surface area contributed by atoms with Gasteiger partial charge in [0.25, 0.3) is 0 Å². The summed E-state index contributed by atoms with van der Waals surface area (Å²) in [5.74, 6) is 0.961. The Hall–Kier alpha value is -2.34. The molecule has 0 bridgehead atoms. The van der Waals surface area contributed by atoms with Crippen LogP contribution in [0.2, 0.25) is 0 Å². The van der Waals surface area contributed by atoms with Crippen molar-refractivity contribution in [2.24, 2.45) is 0 Å². The number of amides is 2. The Morgan fingerprint density at radius 3 is 2.85 bits per heavy atom. The van der Waals surface area contributed by atoms with Crippen molar-refractivity contribution in [1.29, 1.82) is 0 Å². The number of furan rings is 1. The van der Waals surface area contributed by atoms with E-state index < -0.39 is 6.04 Å². The van der Waals surface area contributed by atoms with Gasteiger partial charge in [-0.05, 0) is 19.4 Å². The molecule has 1 fully saturated rings. The van der Waals surface area contributed by atoms with E-state index in [2.05, 4.69) is 23.2 Å². The van der Waals surface area contributed by atoms with Crippen molar-refractivity contribution in [3.05, 3.63) is 35.6 Å². The molecule has 1 atom stereocenters. The molecule has 6 nitrogen and oxygen atoms in total. The van der Waals surface area contributed by atoms with Crippen molar-refractivity contribution < 1.29 is 14.0 Å². The second kappa shape index (κ2) is 9.04. The van der Waals surface area contributed by atoms with Gasteiger partial charge in [0.1, 0.15) is 17.4 Å². The zero-order valence-corrected chi connectivity index (χ0v) is 16.2. The number of hydrogen-bond acceptors (Lipinski definition) is 4. The van der Waals surface area contributed by atoms with Crippen LogP contribution in [-0.4, -0.2) is 54.3 Å². The lowest BCUT2D eigenvalue weighted by Crippen LogP contribution is -2.58. The van der Waals surface area contributed by atoms with E-state index in [9.17, 15) is 9.59 Å². The molecule has 3 rings (SSSR count). The van der Waals surface area contributed by atoms with Gasteiger partial charge in [0.05, 0.1) is 0 Å². The summed E-state index contributed by atoms with van der Waals surface area (Å²) >= 11 is 0. The van der Waals surface area contributed by atoms with Crippen LogP contribution in [0.1, 0.15) is 38.0 Å². The standard InChI is InChI=1S/C21H29N3O3/c1-3-5-9-20-17(16-8-6-7-10-19(16)27-20)13-23-11-12-24(15-25)18(14-23)21(26)22-4-2/h6-8,10,15,18H,3-5,9,11-14H2,1-2H3,(H,22,26). The molecule has 1 saturated heterocycles. The molecule has 0 spiro atoms. The Morgan fingerprint density at radius 1 is 1.30 bits per heavy atom.